The van der Waals surface area contributed by atoms with Gasteiger partial charge in [-0.05, 0) is 49.9 Å². The largest absolute Gasteiger partial charge is 0.399 e. The van der Waals surface area contributed by atoms with E-state index in [0.29, 0.717) is 13.0 Å². The Balaban J connectivity index is 1.76. The topological polar surface area (TPSA) is 58.4 Å². The van der Waals surface area contributed by atoms with Crippen molar-refractivity contribution in [3.8, 4) is 0 Å². The molecule has 1 heterocycles. The number of benzene rings is 1. The zero-order chi connectivity index (χ0) is 13.7. The second kappa shape index (κ2) is 6.45. The summed E-state index contributed by atoms with van der Waals surface area (Å²) in [5, 5.41) is 3.28. The minimum absolute atomic E-state index is 0.263. The number of anilines is 2. The summed E-state index contributed by atoms with van der Waals surface area (Å²) in [6, 6.07) is 5.86. The van der Waals surface area contributed by atoms with Crippen LogP contribution in [0.3, 0.4) is 0 Å². The summed E-state index contributed by atoms with van der Waals surface area (Å²) in [5.41, 5.74) is 8.66. The van der Waals surface area contributed by atoms with E-state index in [9.17, 15) is 4.79 Å². The minimum Gasteiger partial charge on any atom is -0.399 e. The van der Waals surface area contributed by atoms with Gasteiger partial charge in [0.15, 0.2) is 0 Å². The number of nitrogens with zero attached hydrogens (tertiary/aromatic N) is 1. The maximum atomic E-state index is 12.0. The van der Waals surface area contributed by atoms with Gasteiger partial charge in [0.25, 0.3) is 0 Å². The lowest BCUT2D eigenvalue weighted by Crippen LogP contribution is -2.36. The van der Waals surface area contributed by atoms with Crippen molar-refractivity contribution in [3.05, 3.63) is 23.8 Å². The summed E-state index contributed by atoms with van der Waals surface area (Å²) in [6.45, 7) is 4.53. The molecular weight excluding hydrogens is 238 g/mol. The molecule has 1 aliphatic rings. The van der Waals surface area contributed by atoms with Gasteiger partial charge < -0.3 is 16.0 Å². The SMILES string of the molecule is Cc1cc(NCCC(=O)N2CCCCC2)ccc1N. The number of hydrogen-bond donors (Lipinski definition) is 2. The summed E-state index contributed by atoms with van der Waals surface area (Å²) in [4.78, 5) is 14.0. The van der Waals surface area contributed by atoms with E-state index in [1.54, 1.807) is 0 Å². The van der Waals surface area contributed by atoms with E-state index in [-0.39, 0.29) is 5.91 Å². The average molecular weight is 261 g/mol. The van der Waals surface area contributed by atoms with Crippen molar-refractivity contribution < 1.29 is 4.79 Å². The minimum atomic E-state index is 0.263. The second-order valence-electron chi connectivity index (χ2n) is 5.19. The molecule has 0 aliphatic carbocycles. The van der Waals surface area contributed by atoms with E-state index in [0.717, 1.165) is 42.9 Å². The molecular formula is C15H23N3O. The van der Waals surface area contributed by atoms with Crippen molar-refractivity contribution in [2.24, 2.45) is 0 Å². The molecule has 1 aromatic rings. The molecule has 0 atom stereocenters. The van der Waals surface area contributed by atoms with Crippen molar-refractivity contribution in [1.82, 2.24) is 4.90 Å². The van der Waals surface area contributed by atoms with Gasteiger partial charge in [0.2, 0.25) is 5.91 Å². The van der Waals surface area contributed by atoms with Gasteiger partial charge in [0.1, 0.15) is 0 Å². The number of nitrogens with one attached hydrogen (secondary N) is 1. The van der Waals surface area contributed by atoms with Crippen LogP contribution in [0.4, 0.5) is 11.4 Å². The van der Waals surface area contributed by atoms with Gasteiger partial charge in [-0.15, -0.1) is 0 Å². The third-order valence-corrected chi connectivity index (χ3v) is 3.65. The number of aryl methyl sites for hydroxylation is 1. The van der Waals surface area contributed by atoms with Crippen LogP contribution in [0.15, 0.2) is 18.2 Å². The molecule has 1 aliphatic heterocycles. The van der Waals surface area contributed by atoms with Crippen LogP contribution in [0.2, 0.25) is 0 Å². The van der Waals surface area contributed by atoms with Gasteiger partial charge in [-0.1, -0.05) is 0 Å². The molecule has 0 saturated carbocycles. The van der Waals surface area contributed by atoms with Gasteiger partial charge in [0, 0.05) is 37.4 Å². The van der Waals surface area contributed by atoms with Crippen molar-refractivity contribution in [2.45, 2.75) is 32.6 Å². The molecule has 1 saturated heterocycles. The lowest BCUT2D eigenvalue weighted by atomic mass is 10.1. The van der Waals surface area contributed by atoms with Gasteiger partial charge in [-0.3, -0.25) is 4.79 Å². The number of carbonyl (C=O) groups excluding carboxylic acids is 1. The van der Waals surface area contributed by atoms with Crippen LogP contribution in [0, 0.1) is 6.92 Å². The Morgan fingerprint density at radius 3 is 2.74 bits per heavy atom. The first kappa shape index (κ1) is 13.7. The van der Waals surface area contributed by atoms with Gasteiger partial charge in [0.05, 0.1) is 0 Å². The molecule has 1 amide bonds. The van der Waals surface area contributed by atoms with Gasteiger partial charge in [-0.2, -0.15) is 0 Å². The molecule has 0 unspecified atom stereocenters. The van der Waals surface area contributed by atoms with E-state index in [4.69, 9.17) is 5.73 Å². The zero-order valence-corrected chi connectivity index (χ0v) is 11.6. The summed E-state index contributed by atoms with van der Waals surface area (Å²) < 4.78 is 0. The maximum Gasteiger partial charge on any atom is 0.224 e. The number of nitrogens with two attached hydrogens (primary N) is 1. The van der Waals surface area contributed by atoms with Crippen LogP contribution in [0.1, 0.15) is 31.2 Å². The van der Waals surface area contributed by atoms with Crippen LogP contribution < -0.4 is 11.1 Å². The highest BCUT2D eigenvalue weighted by atomic mass is 16.2. The Kier molecular flexibility index (Phi) is 4.66. The molecule has 4 heteroatoms. The van der Waals surface area contributed by atoms with E-state index in [2.05, 4.69) is 5.32 Å². The molecule has 104 valence electrons. The quantitative estimate of drug-likeness (QED) is 0.818. The number of nitrogen functional groups attached to an aromatic ring is 1. The van der Waals surface area contributed by atoms with Gasteiger partial charge in [-0.25, -0.2) is 0 Å². The van der Waals surface area contributed by atoms with Gasteiger partial charge >= 0.3 is 0 Å². The molecule has 1 fully saturated rings. The molecule has 4 nitrogen and oxygen atoms in total. The Hall–Kier alpha value is -1.71. The van der Waals surface area contributed by atoms with E-state index in [1.165, 1.54) is 6.42 Å². The number of likely N-dealkylation sites (tertiary alicyclic amines) is 1. The molecule has 2 rings (SSSR count). The third-order valence-electron chi connectivity index (χ3n) is 3.65. The molecule has 1 aromatic carbocycles. The normalized spacial score (nSPS) is 15.3. The predicted octanol–water partition coefficient (Wildman–Crippen LogP) is 2.39. The second-order valence-corrected chi connectivity index (χ2v) is 5.19. The Bertz CT molecular complexity index is 439. The molecule has 0 radical (unpaired) electrons. The van der Waals surface area contributed by atoms with Crippen LogP contribution in [-0.2, 0) is 4.79 Å². The third kappa shape index (κ3) is 3.88. The highest BCUT2D eigenvalue weighted by Crippen LogP contribution is 2.16. The summed E-state index contributed by atoms with van der Waals surface area (Å²) in [5.74, 6) is 0.263. The molecule has 0 spiro atoms. The van der Waals surface area contributed by atoms with E-state index >= 15 is 0 Å². The summed E-state index contributed by atoms with van der Waals surface area (Å²) >= 11 is 0. The van der Waals surface area contributed by atoms with Crippen LogP contribution in [0.25, 0.3) is 0 Å². The first-order valence-corrected chi connectivity index (χ1v) is 7.04. The van der Waals surface area contributed by atoms with Crippen molar-refractivity contribution in [1.29, 1.82) is 0 Å². The van der Waals surface area contributed by atoms with Crippen LogP contribution >= 0.6 is 0 Å². The van der Waals surface area contributed by atoms with Crippen molar-refractivity contribution >= 4 is 17.3 Å². The Morgan fingerprint density at radius 2 is 2.05 bits per heavy atom. The molecule has 0 aromatic heterocycles. The Morgan fingerprint density at radius 1 is 1.32 bits per heavy atom. The van der Waals surface area contributed by atoms with Crippen molar-refractivity contribution in [2.75, 3.05) is 30.7 Å². The lowest BCUT2D eigenvalue weighted by Gasteiger charge is -2.26. The van der Waals surface area contributed by atoms with Crippen molar-refractivity contribution in [3.63, 3.8) is 0 Å². The summed E-state index contributed by atoms with van der Waals surface area (Å²) in [7, 11) is 0. The number of rotatable bonds is 4. The number of carbonyl (C=O) groups is 1. The Labute approximate surface area is 115 Å². The standard InChI is InChI=1S/C15H23N3O/c1-12-11-13(5-6-14(12)16)17-8-7-15(19)18-9-3-2-4-10-18/h5-6,11,17H,2-4,7-10,16H2,1H3. The molecule has 0 bridgehead atoms. The fourth-order valence-electron chi connectivity index (χ4n) is 2.40. The van der Waals surface area contributed by atoms with Crippen LogP contribution in [0.5, 0.6) is 0 Å². The fraction of sp³-hybridized carbons (Fsp3) is 0.533. The zero-order valence-electron chi connectivity index (χ0n) is 11.6. The number of amides is 1. The smallest absolute Gasteiger partial charge is 0.224 e. The number of piperidine rings is 1. The molecule has 3 N–H and O–H groups in total. The number of hydrogen-bond acceptors (Lipinski definition) is 3. The highest BCUT2D eigenvalue weighted by molar-refractivity contribution is 5.76. The molecule has 19 heavy (non-hydrogen) atoms. The van der Waals surface area contributed by atoms with E-state index < -0.39 is 0 Å². The summed E-state index contributed by atoms with van der Waals surface area (Å²) in [6.07, 6.45) is 4.11. The predicted molar refractivity (Wildman–Crippen MR) is 79.1 cm³/mol. The van der Waals surface area contributed by atoms with E-state index in [1.807, 2.05) is 30.0 Å². The average Bonchev–Trinajstić information content (AvgIpc) is 2.43. The highest BCUT2D eigenvalue weighted by Gasteiger charge is 2.15. The van der Waals surface area contributed by atoms with Crippen LogP contribution in [-0.4, -0.2) is 30.4 Å². The first-order chi connectivity index (χ1) is 9.16. The maximum absolute atomic E-state index is 12.0. The monoisotopic (exact) mass is 261 g/mol. The first-order valence-electron chi connectivity index (χ1n) is 7.04. The lowest BCUT2D eigenvalue weighted by molar-refractivity contribution is -0.131. The fourth-order valence-corrected chi connectivity index (χ4v) is 2.40.